The number of ether oxygens (including phenoxy) is 2. The van der Waals surface area contributed by atoms with Crippen molar-refractivity contribution < 1.29 is 19.4 Å². The number of esters is 1. The average Bonchev–Trinajstić information content (AvgIpc) is 3.19. The number of hydrogen-bond donors (Lipinski definition) is 1. The molecule has 316 valence electrons. The van der Waals surface area contributed by atoms with Crippen molar-refractivity contribution in [2.24, 2.45) is 0 Å². The van der Waals surface area contributed by atoms with Crippen LogP contribution in [0.3, 0.4) is 0 Å². The molecular formula is C51H88O4. The fraction of sp³-hybridized carbons (Fsp3) is 0.706. The zero-order chi connectivity index (χ0) is 39.8. The molecule has 0 bridgehead atoms. The number of allylic oxidation sites excluding steroid dienone is 14. The molecule has 0 heterocycles. The van der Waals surface area contributed by atoms with Gasteiger partial charge < -0.3 is 14.6 Å². The molecule has 0 amide bonds. The van der Waals surface area contributed by atoms with Gasteiger partial charge in [-0.1, -0.05) is 221 Å². The lowest BCUT2D eigenvalue weighted by Gasteiger charge is -2.15. The van der Waals surface area contributed by atoms with E-state index in [4.69, 9.17) is 9.47 Å². The van der Waals surface area contributed by atoms with Crippen LogP contribution in [0, 0.1) is 0 Å². The Kier molecular flexibility index (Phi) is 45.6. The molecule has 55 heavy (non-hydrogen) atoms. The molecule has 0 aromatic rings. The van der Waals surface area contributed by atoms with Crippen molar-refractivity contribution in [1.29, 1.82) is 0 Å². The number of hydrogen-bond acceptors (Lipinski definition) is 4. The largest absolute Gasteiger partial charge is 0.457 e. The van der Waals surface area contributed by atoms with Crippen LogP contribution >= 0.6 is 0 Å². The van der Waals surface area contributed by atoms with Gasteiger partial charge in [-0.3, -0.25) is 4.79 Å². The summed E-state index contributed by atoms with van der Waals surface area (Å²) in [6.07, 6.45) is 66.6. The molecule has 0 radical (unpaired) electrons. The summed E-state index contributed by atoms with van der Waals surface area (Å²) in [6.45, 7) is 5.18. The van der Waals surface area contributed by atoms with E-state index in [1.54, 1.807) is 0 Å². The fourth-order valence-electron chi connectivity index (χ4n) is 6.32. The highest BCUT2D eigenvalue weighted by atomic mass is 16.6. The van der Waals surface area contributed by atoms with E-state index in [0.717, 1.165) is 64.2 Å². The van der Waals surface area contributed by atoms with Crippen molar-refractivity contribution in [2.75, 3.05) is 19.8 Å². The minimum atomic E-state index is -0.568. The predicted molar refractivity (Wildman–Crippen MR) is 242 cm³/mol. The smallest absolute Gasteiger partial charge is 0.306 e. The first kappa shape index (κ1) is 52.6. The second-order valence-corrected chi connectivity index (χ2v) is 15.1. The Hall–Kier alpha value is -2.43. The Morgan fingerprint density at radius 2 is 0.800 bits per heavy atom. The third-order valence-corrected chi connectivity index (χ3v) is 9.73. The van der Waals surface area contributed by atoms with E-state index in [2.05, 4.69) is 98.9 Å². The Labute approximate surface area is 341 Å². The Balaban J connectivity index is 3.55. The molecule has 4 nitrogen and oxygen atoms in total. The van der Waals surface area contributed by atoms with Crippen molar-refractivity contribution in [3.05, 3.63) is 85.1 Å². The van der Waals surface area contributed by atoms with Crippen molar-refractivity contribution in [2.45, 2.75) is 213 Å². The van der Waals surface area contributed by atoms with Gasteiger partial charge in [0.25, 0.3) is 0 Å². The SMILES string of the molecule is CC/C=C\C/C=C\C/C=C\C/C=C\C/C=C\C/C=C\C/C=C\CCCC(=O)OC(CO)COCCCCCCCCCCCCCCCCCCCCCC. The lowest BCUT2D eigenvalue weighted by molar-refractivity contribution is -0.154. The molecule has 0 aliphatic heterocycles. The number of carbonyl (C=O) groups excluding carboxylic acids is 1. The lowest BCUT2D eigenvalue weighted by Crippen LogP contribution is -2.27. The topological polar surface area (TPSA) is 55.8 Å². The van der Waals surface area contributed by atoms with E-state index in [0.29, 0.717) is 13.0 Å². The Morgan fingerprint density at radius 3 is 1.16 bits per heavy atom. The van der Waals surface area contributed by atoms with Gasteiger partial charge in [-0.05, 0) is 64.2 Å². The van der Waals surface area contributed by atoms with Crippen LogP contribution in [-0.2, 0) is 14.3 Å². The predicted octanol–water partition coefficient (Wildman–Crippen LogP) is 15.5. The lowest BCUT2D eigenvalue weighted by atomic mass is 10.0. The van der Waals surface area contributed by atoms with Crippen LogP contribution in [0.5, 0.6) is 0 Å². The van der Waals surface area contributed by atoms with Crippen LogP contribution in [0.25, 0.3) is 0 Å². The van der Waals surface area contributed by atoms with E-state index < -0.39 is 6.10 Å². The summed E-state index contributed by atoms with van der Waals surface area (Å²) in [6, 6.07) is 0. The molecule has 0 fully saturated rings. The monoisotopic (exact) mass is 765 g/mol. The van der Waals surface area contributed by atoms with E-state index in [-0.39, 0.29) is 19.2 Å². The van der Waals surface area contributed by atoms with E-state index in [9.17, 15) is 9.90 Å². The second kappa shape index (κ2) is 47.7. The molecule has 0 aromatic carbocycles. The van der Waals surface area contributed by atoms with Gasteiger partial charge in [0.1, 0.15) is 6.10 Å². The van der Waals surface area contributed by atoms with E-state index in [1.165, 1.54) is 122 Å². The minimum absolute atomic E-state index is 0.198. The van der Waals surface area contributed by atoms with Gasteiger partial charge >= 0.3 is 5.97 Å². The molecule has 0 saturated carbocycles. The number of carbonyl (C=O) groups is 1. The molecule has 1 atom stereocenters. The first-order valence-corrected chi connectivity index (χ1v) is 23.2. The molecule has 4 heteroatoms. The van der Waals surface area contributed by atoms with Crippen LogP contribution in [0.2, 0.25) is 0 Å². The van der Waals surface area contributed by atoms with Crippen LogP contribution < -0.4 is 0 Å². The summed E-state index contributed by atoms with van der Waals surface area (Å²) < 4.78 is 11.1. The molecule has 0 aromatic heterocycles. The Bertz CT molecular complexity index is 985. The van der Waals surface area contributed by atoms with Crippen LogP contribution in [0.4, 0.5) is 0 Å². The van der Waals surface area contributed by atoms with Gasteiger partial charge in [0.15, 0.2) is 0 Å². The van der Waals surface area contributed by atoms with Gasteiger partial charge in [-0.25, -0.2) is 0 Å². The van der Waals surface area contributed by atoms with Crippen molar-refractivity contribution in [3.8, 4) is 0 Å². The van der Waals surface area contributed by atoms with E-state index >= 15 is 0 Å². The molecule has 0 saturated heterocycles. The fourth-order valence-corrected chi connectivity index (χ4v) is 6.32. The maximum absolute atomic E-state index is 12.2. The highest BCUT2D eigenvalue weighted by Crippen LogP contribution is 2.15. The third-order valence-electron chi connectivity index (χ3n) is 9.73. The molecule has 0 spiro atoms. The molecule has 1 unspecified atom stereocenters. The molecule has 0 aliphatic rings. The summed E-state index contributed by atoms with van der Waals surface area (Å²) in [5, 5.41) is 9.62. The summed E-state index contributed by atoms with van der Waals surface area (Å²) in [4.78, 5) is 12.2. The Morgan fingerprint density at radius 1 is 0.455 bits per heavy atom. The molecule has 0 aliphatic carbocycles. The first-order valence-electron chi connectivity index (χ1n) is 23.2. The maximum Gasteiger partial charge on any atom is 0.306 e. The normalized spacial score (nSPS) is 13.1. The quantitative estimate of drug-likeness (QED) is 0.0382. The summed E-state index contributed by atoms with van der Waals surface area (Å²) >= 11 is 0. The first-order chi connectivity index (χ1) is 27.2. The standard InChI is InChI=1S/C51H88O4/c1-3-5-7-9-11-13-15-17-19-21-23-25-26-27-28-30-32-34-36-38-40-42-44-46-51(53)55-50(48-52)49-54-47-45-43-41-39-37-35-33-31-29-24-22-20-18-16-14-12-10-8-6-4-2/h5,7,11,13,17,19,23,25,27-28,32,34,38,40,50,52H,3-4,6,8-10,12,14-16,18,20-22,24,26,29-31,33,35-37,39,41-49H2,1-2H3/b7-5-,13-11-,19-17-,25-23-,28-27-,34-32-,40-38-. The number of rotatable bonds is 42. The van der Waals surface area contributed by atoms with Gasteiger partial charge in [-0.2, -0.15) is 0 Å². The third kappa shape index (κ3) is 45.9. The zero-order valence-corrected chi connectivity index (χ0v) is 36.2. The van der Waals surface area contributed by atoms with Gasteiger partial charge in [0.2, 0.25) is 0 Å². The zero-order valence-electron chi connectivity index (χ0n) is 36.2. The van der Waals surface area contributed by atoms with E-state index in [1.807, 2.05) is 0 Å². The summed E-state index contributed by atoms with van der Waals surface area (Å²) in [7, 11) is 0. The number of aliphatic hydroxyl groups is 1. The van der Waals surface area contributed by atoms with Gasteiger partial charge in [-0.15, -0.1) is 0 Å². The highest BCUT2D eigenvalue weighted by molar-refractivity contribution is 5.69. The summed E-state index contributed by atoms with van der Waals surface area (Å²) in [5.41, 5.74) is 0. The molecule has 1 N–H and O–H groups in total. The van der Waals surface area contributed by atoms with Crippen LogP contribution in [-0.4, -0.2) is 37.0 Å². The van der Waals surface area contributed by atoms with Crippen molar-refractivity contribution in [3.63, 3.8) is 0 Å². The minimum Gasteiger partial charge on any atom is -0.457 e. The second-order valence-electron chi connectivity index (χ2n) is 15.1. The van der Waals surface area contributed by atoms with Gasteiger partial charge in [0.05, 0.1) is 13.2 Å². The maximum atomic E-state index is 12.2. The van der Waals surface area contributed by atoms with Crippen LogP contribution in [0.15, 0.2) is 85.1 Å². The molecular weight excluding hydrogens is 677 g/mol. The number of unbranched alkanes of at least 4 members (excludes halogenated alkanes) is 20. The van der Waals surface area contributed by atoms with Crippen molar-refractivity contribution >= 4 is 5.97 Å². The number of aliphatic hydroxyl groups excluding tert-OH is 1. The summed E-state index contributed by atoms with van der Waals surface area (Å²) in [5.74, 6) is -0.258. The van der Waals surface area contributed by atoms with Crippen LogP contribution in [0.1, 0.15) is 206 Å². The van der Waals surface area contributed by atoms with Crippen molar-refractivity contribution in [1.82, 2.24) is 0 Å². The molecule has 0 rings (SSSR count). The average molecular weight is 765 g/mol. The highest BCUT2D eigenvalue weighted by Gasteiger charge is 2.13. The van der Waals surface area contributed by atoms with Gasteiger partial charge in [0, 0.05) is 13.0 Å².